The molecule has 0 aromatic carbocycles. The Labute approximate surface area is 95.2 Å². The van der Waals surface area contributed by atoms with Gasteiger partial charge in [-0.15, -0.1) is 0 Å². The fraction of sp³-hybridized carbons (Fsp3) is 0.636. The van der Waals surface area contributed by atoms with Crippen LogP contribution in [0.15, 0.2) is 18.5 Å². The van der Waals surface area contributed by atoms with Crippen LogP contribution in [-0.2, 0) is 11.3 Å². The second-order valence-electron chi connectivity index (χ2n) is 4.44. The van der Waals surface area contributed by atoms with E-state index in [1.54, 1.807) is 17.1 Å². The Morgan fingerprint density at radius 1 is 1.62 bits per heavy atom. The summed E-state index contributed by atoms with van der Waals surface area (Å²) in [6.45, 7) is 3.86. The maximum Gasteiger partial charge on any atom is 0.244 e. The van der Waals surface area contributed by atoms with Crippen LogP contribution in [-0.4, -0.2) is 39.7 Å². The molecule has 2 rings (SSSR count). The van der Waals surface area contributed by atoms with Crippen molar-refractivity contribution >= 4 is 5.91 Å². The summed E-state index contributed by atoms with van der Waals surface area (Å²) in [5.41, 5.74) is 5.64. The smallest absolute Gasteiger partial charge is 0.244 e. The number of hydrogen-bond acceptors (Lipinski definition) is 3. The molecule has 0 bridgehead atoms. The van der Waals surface area contributed by atoms with E-state index < -0.39 is 0 Å². The molecule has 1 aromatic heterocycles. The zero-order valence-electron chi connectivity index (χ0n) is 9.54. The van der Waals surface area contributed by atoms with Gasteiger partial charge in [-0.3, -0.25) is 9.48 Å². The van der Waals surface area contributed by atoms with E-state index in [0.717, 1.165) is 13.0 Å². The number of hydrogen-bond donors (Lipinski definition) is 1. The van der Waals surface area contributed by atoms with Crippen molar-refractivity contribution in [2.45, 2.75) is 25.9 Å². The van der Waals surface area contributed by atoms with E-state index in [2.05, 4.69) is 12.0 Å². The van der Waals surface area contributed by atoms with Gasteiger partial charge >= 0.3 is 0 Å². The topological polar surface area (TPSA) is 64.2 Å². The summed E-state index contributed by atoms with van der Waals surface area (Å²) in [7, 11) is 0. The van der Waals surface area contributed by atoms with Crippen molar-refractivity contribution in [2.75, 3.05) is 13.1 Å². The minimum Gasteiger partial charge on any atom is -0.338 e. The van der Waals surface area contributed by atoms with Crippen molar-refractivity contribution in [3.63, 3.8) is 0 Å². The predicted molar refractivity (Wildman–Crippen MR) is 60.6 cm³/mol. The standard InChI is InChI=1S/C11H18N4O/c1-9-5-10(6-12)7-15(9)11(16)8-14-4-2-3-13-14/h2-4,9-10H,5-8,12H2,1H3. The van der Waals surface area contributed by atoms with Crippen LogP contribution in [0.4, 0.5) is 0 Å². The number of rotatable bonds is 3. The van der Waals surface area contributed by atoms with Gasteiger partial charge in [0.15, 0.2) is 0 Å². The average molecular weight is 222 g/mol. The van der Waals surface area contributed by atoms with Crippen LogP contribution in [0, 0.1) is 5.92 Å². The molecule has 0 aliphatic carbocycles. The van der Waals surface area contributed by atoms with Gasteiger partial charge in [-0.25, -0.2) is 0 Å². The quantitative estimate of drug-likeness (QED) is 0.787. The van der Waals surface area contributed by atoms with Gasteiger partial charge in [-0.05, 0) is 31.9 Å². The lowest BCUT2D eigenvalue weighted by Crippen LogP contribution is -2.36. The number of aromatic nitrogens is 2. The van der Waals surface area contributed by atoms with E-state index in [-0.39, 0.29) is 5.91 Å². The average Bonchev–Trinajstić information content (AvgIpc) is 2.87. The van der Waals surface area contributed by atoms with Crippen LogP contribution in [0.3, 0.4) is 0 Å². The van der Waals surface area contributed by atoms with Crippen molar-refractivity contribution < 1.29 is 4.79 Å². The van der Waals surface area contributed by atoms with Crippen LogP contribution in [0.25, 0.3) is 0 Å². The molecular formula is C11H18N4O. The highest BCUT2D eigenvalue weighted by Gasteiger charge is 2.31. The zero-order valence-corrected chi connectivity index (χ0v) is 9.54. The number of carbonyl (C=O) groups is 1. The molecule has 2 unspecified atom stereocenters. The van der Waals surface area contributed by atoms with E-state index in [0.29, 0.717) is 25.0 Å². The first-order chi connectivity index (χ1) is 7.70. The van der Waals surface area contributed by atoms with Gasteiger partial charge in [0.1, 0.15) is 6.54 Å². The Balaban J connectivity index is 1.95. The molecule has 2 heterocycles. The minimum absolute atomic E-state index is 0.132. The molecule has 2 N–H and O–H groups in total. The lowest BCUT2D eigenvalue weighted by Gasteiger charge is -2.21. The van der Waals surface area contributed by atoms with Crippen molar-refractivity contribution in [1.29, 1.82) is 0 Å². The van der Waals surface area contributed by atoms with E-state index in [4.69, 9.17) is 5.73 Å². The van der Waals surface area contributed by atoms with E-state index in [1.165, 1.54) is 0 Å². The molecule has 2 atom stereocenters. The summed E-state index contributed by atoms with van der Waals surface area (Å²) in [6.07, 6.45) is 4.50. The van der Waals surface area contributed by atoms with Gasteiger partial charge in [0, 0.05) is 25.0 Å². The highest BCUT2D eigenvalue weighted by atomic mass is 16.2. The molecule has 1 saturated heterocycles. The molecule has 0 spiro atoms. The number of nitrogens with zero attached hydrogens (tertiary/aromatic N) is 3. The van der Waals surface area contributed by atoms with Gasteiger partial charge in [0.05, 0.1) is 0 Å². The largest absolute Gasteiger partial charge is 0.338 e. The maximum absolute atomic E-state index is 12.0. The second-order valence-corrected chi connectivity index (χ2v) is 4.44. The number of nitrogens with two attached hydrogens (primary N) is 1. The Morgan fingerprint density at radius 3 is 3.00 bits per heavy atom. The highest BCUT2D eigenvalue weighted by Crippen LogP contribution is 2.22. The van der Waals surface area contributed by atoms with Gasteiger partial charge in [0.25, 0.3) is 0 Å². The van der Waals surface area contributed by atoms with E-state index in [1.807, 2.05) is 11.0 Å². The highest BCUT2D eigenvalue weighted by molar-refractivity contribution is 5.76. The molecule has 5 heteroatoms. The third-order valence-electron chi connectivity index (χ3n) is 3.17. The molecule has 1 aromatic rings. The molecule has 0 radical (unpaired) electrons. The SMILES string of the molecule is CC1CC(CN)CN1C(=O)Cn1cccn1. The second kappa shape index (κ2) is 4.65. The fourth-order valence-corrected chi connectivity index (χ4v) is 2.28. The zero-order chi connectivity index (χ0) is 11.5. The summed E-state index contributed by atoms with van der Waals surface area (Å²) in [5.74, 6) is 0.587. The van der Waals surface area contributed by atoms with Crippen LogP contribution in [0.5, 0.6) is 0 Å². The van der Waals surface area contributed by atoms with Gasteiger partial charge < -0.3 is 10.6 Å². The van der Waals surface area contributed by atoms with Crippen molar-refractivity contribution in [1.82, 2.24) is 14.7 Å². The van der Waals surface area contributed by atoms with Crippen LogP contribution in [0.1, 0.15) is 13.3 Å². The first kappa shape index (κ1) is 11.1. The first-order valence-corrected chi connectivity index (χ1v) is 5.67. The monoisotopic (exact) mass is 222 g/mol. The molecule has 0 saturated carbocycles. The van der Waals surface area contributed by atoms with Gasteiger partial charge in [-0.2, -0.15) is 5.10 Å². The van der Waals surface area contributed by atoms with Crippen molar-refractivity contribution in [2.24, 2.45) is 11.7 Å². The van der Waals surface area contributed by atoms with Crippen molar-refractivity contribution in [3.8, 4) is 0 Å². The Kier molecular flexibility index (Phi) is 3.24. The van der Waals surface area contributed by atoms with E-state index >= 15 is 0 Å². The molecule has 88 valence electrons. The Morgan fingerprint density at radius 2 is 2.44 bits per heavy atom. The molecular weight excluding hydrogens is 204 g/mol. The van der Waals surface area contributed by atoms with Crippen LogP contribution >= 0.6 is 0 Å². The molecule has 1 amide bonds. The number of amides is 1. The normalized spacial score (nSPS) is 25.0. The Bertz CT molecular complexity index is 349. The lowest BCUT2D eigenvalue weighted by molar-refractivity contribution is -0.132. The summed E-state index contributed by atoms with van der Waals surface area (Å²) < 4.78 is 1.66. The summed E-state index contributed by atoms with van der Waals surface area (Å²) in [4.78, 5) is 13.9. The minimum atomic E-state index is 0.132. The maximum atomic E-state index is 12.0. The predicted octanol–water partition coefficient (Wildman–Crippen LogP) is 0.0788. The number of likely N-dealkylation sites (tertiary alicyclic amines) is 1. The van der Waals surface area contributed by atoms with Crippen molar-refractivity contribution in [3.05, 3.63) is 18.5 Å². The number of carbonyl (C=O) groups excluding carboxylic acids is 1. The third kappa shape index (κ3) is 2.24. The van der Waals surface area contributed by atoms with Gasteiger partial charge in [0.2, 0.25) is 5.91 Å². The fourth-order valence-electron chi connectivity index (χ4n) is 2.28. The Hall–Kier alpha value is -1.36. The summed E-state index contributed by atoms with van der Waals surface area (Å²) in [6, 6.07) is 2.13. The first-order valence-electron chi connectivity index (χ1n) is 5.67. The van der Waals surface area contributed by atoms with Crippen LogP contribution in [0.2, 0.25) is 0 Å². The summed E-state index contributed by atoms with van der Waals surface area (Å²) in [5, 5.41) is 4.04. The summed E-state index contributed by atoms with van der Waals surface area (Å²) >= 11 is 0. The molecule has 1 aliphatic rings. The van der Waals surface area contributed by atoms with Crippen LogP contribution < -0.4 is 5.73 Å². The molecule has 5 nitrogen and oxygen atoms in total. The third-order valence-corrected chi connectivity index (χ3v) is 3.17. The molecule has 16 heavy (non-hydrogen) atoms. The van der Waals surface area contributed by atoms with Gasteiger partial charge in [-0.1, -0.05) is 0 Å². The lowest BCUT2D eigenvalue weighted by atomic mass is 10.1. The molecule has 1 fully saturated rings. The van der Waals surface area contributed by atoms with E-state index in [9.17, 15) is 4.79 Å². The molecule has 1 aliphatic heterocycles.